The van der Waals surface area contributed by atoms with E-state index in [1.807, 2.05) is 36.4 Å². The smallest absolute Gasteiger partial charge is 0.261 e. The van der Waals surface area contributed by atoms with Gasteiger partial charge >= 0.3 is 0 Å². The summed E-state index contributed by atoms with van der Waals surface area (Å²) in [4.78, 5) is 23.6. The maximum Gasteiger partial charge on any atom is 0.261 e. The first-order chi connectivity index (χ1) is 13.0. The quantitative estimate of drug-likeness (QED) is 0.222. The van der Waals surface area contributed by atoms with Gasteiger partial charge in [0.2, 0.25) is 0 Å². The van der Waals surface area contributed by atoms with Crippen molar-refractivity contribution in [3.05, 3.63) is 38.5 Å². The highest BCUT2D eigenvalue weighted by Gasteiger charge is 2.12. The molecule has 28 heavy (non-hydrogen) atoms. The predicted octanol–water partition coefficient (Wildman–Crippen LogP) is 3.36. The summed E-state index contributed by atoms with van der Waals surface area (Å²) >= 11 is 3.05. The van der Waals surface area contributed by atoms with Gasteiger partial charge in [0.15, 0.2) is 5.96 Å². The summed E-state index contributed by atoms with van der Waals surface area (Å²) in [5.41, 5.74) is 0.993. The fourth-order valence-electron chi connectivity index (χ4n) is 2.37. The fourth-order valence-corrected chi connectivity index (χ4v) is 3.85. The first-order valence-electron chi connectivity index (χ1n) is 8.75. The Labute approximate surface area is 191 Å². The van der Waals surface area contributed by atoms with Gasteiger partial charge in [-0.1, -0.05) is 6.07 Å². The minimum absolute atomic E-state index is 0. The number of guanidine groups is 1. The van der Waals surface area contributed by atoms with E-state index in [1.165, 1.54) is 11.3 Å². The van der Waals surface area contributed by atoms with E-state index >= 15 is 0 Å². The lowest BCUT2D eigenvalue weighted by molar-refractivity contribution is 0.0957. The molecule has 2 aromatic heterocycles. The summed E-state index contributed by atoms with van der Waals surface area (Å²) in [5, 5.41) is 11.2. The number of aromatic nitrogens is 1. The predicted molar refractivity (Wildman–Crippen MR) is 127 cm³/mol. The van der Waals surface area contributed by atoms with Gasteiger partial charge in [-0.2, -0.15) is 0 Å². The van der Waals surface area contributed by atoms with Crippen LogP contribution in [0.1, 0.15) is 39.8 Å². The Morgan fingerprint density at radius 3 is 2.75 bits per heavy atom. The van der Waals surface area contributed by atoms with Crippen LogP contribution >= 0.6 is 46.7 Å². The summed E-state index contributed by atoms with van der Waals surface area (Å²) in [5.74, 6) is 0.782. The third kappa shape index (κ3) is 7.64. The van der Waals surface area contributed by atoms with E-state index in [2.05, 4.69) is 26.0 Å². The van der Waals surface area contributed by atoms with Gasteiger partial charge in [0, 0.05) is 39.7 Å². The van der Waals surface area contributed by atoms with Crippen LogP contribution in [0.3, 0.4) is 0 Å². The molecule has 10 heteroatoms. The second kappa shape index (κ2) is 13.1. The number of hydrogen-bond acceptors (Lipinski definition) is 6. The van der Waals surface area contributed by atoms with Gasteiger partial charge in [-0.25, -0.2) is 4.98 Å². The Hall–Kier alpha value is -1.24. The minimum atomic E-state index is -0.0175. The number of thiophene rings is 1. The normalized spacial score (nSPS) is 12.2. The van der Waals surface area contributed by atoms with Crippen molar-refractivity contribution in [1.29, 1.82) is 0 Å². The van der Waals surface area contributed by atoms with Crippen molar-refractivity contribution in [1.82, 2.24) is 20.5 Å². The maximum atomic E-state index is 11.9. The molecule has 1 amide bonds. The molecule has 2 rings (SSSR count). The van der Waals surface area contributed by atoms with Crippen molar-refractivity contribution in [2.75, 3.05) is 34.3 Å². The minimum Gasteiger partial charge on any atom is -0.375 e. The molecule has 2 N–H and O–H groups in total. The molecule has 2 heterocycles. The van der Waals surface area contributed by atoms with Crippen molar-refractivity contribution in [3.63, 3.8) is 0 Å². The number of carbonyl (C=O) groups excluding carboxylic acids is 1. The van der Waals surface area contributed by atoms with Gasteiger partial charge in [-0.15, -0.1) is 46.7 Å². The van der Waals surface area contributed by atoms with E-state index in [0.717, 1.165) is 34.5 Å². The van der Waals surface area contributed by atoms with E-state index in [1.54, 1.807) is 25.5 Å². The van der Waals surface area contributed by atoms with Crippen molar-refractivity contribution in [3.8, 4) is 0 Å². The standard InChI is InChI=1S/C18H27N5O2S2.HI/c1-13(25-4)17-22-14(12-27-17)11-23(3)18(19-2)21-9-6-8-20-16(24)15-7-5-10-26-15;/h5,7,10,12-13H,6,8-9,11H2,1-4H3,(H,19,21)(H,20,24);1H. The Morgan fingerprint density at radius 2 is 2.11 bits per heavy atom. The Morgan fingerprint density at radius 1 is 1.36 bits per heavy atom. The number of ether oxygens (including phenoxy) is 1. The van der Waals surface area contributed by atoms with Crippen molar-refractivity contribution >= 4 is 58.5 Å². The number of carbonyl (C=O) groups is 1. The molecule has 156 valence electrons. The van der Waals surface area contributed by atoms with E-state index in [4.69, 9.17) is 4.74 Å². The summed E-state index contributed by atoms with van der Waals surface area (Å²) in [6.07, 6.45) is 0.826. The summed E-state index contributed by atoms with van der Waals surface area (Å²) < 4.78 is 5.31. The van der Waals surface area contributed by atoms with E-state index < -0.39 is 0 Å². The number of rotatable bonds is 9. The zero-order chi connectivity index (χ0) is 19.6. The first-order valence-corrected chi connectivity index (χ1v) is 10.5. The van der Waals surface area contributed by atoms with Gasteiger partial charge in [-0.3, -0.25) is 9.79 Å². The van der Waals surface area contributed by atoms with Crippen molar-refractivity contribution in [2.24, 2.45) is 4.99 Å². The highest BCUT2D eigenvalue weighted by atomic mass is 127. The largest absolute Gasteiger partial charge is 0.375 e. The molecule has 2 aromatic rings. The lowest BCUT2D eigenvalue weighted by Crippen LogP contribution is -2.39. The topological polar surface area (TPSA) is 78.9 Å². The van der Waals surface area contributed by atoms with Crippen LogP contribution in [-0.2, 0) is 11.3 Å². The third-order valence-electron chi connectivity index (χ3n) is 3.91. The molecule has 0 aliphatic carbocycles. The molecule has 0 fully saturated rings. The molecule has 0 aromatic carbocycles. The molecule has 0 bridgehead atoms. The van der Waals surface area contributed by atoms with Crippen LogP contribution < -0.4 is 10.6 Å². The highest BCUT2D eigenvalue weighted by Crippen LogP contribution is 2.20. The Kier molecular flexibility index (Phi) is 11.6. The molecular formula is C18H28IN5O2S2. The third-order valence-corrected chi connectivity index (χ3v) is 5.83. The Balaban J connectivity index is 0.00000392. The molecule has 1 unspecified atom stereocenters. The van der Waals surface area contributed by atoms with Crippen LogP contribution in [0.5, 0.6) is 0 Å². The van der Waals surface area contributed by atoms with Crippen LogP contribution in [0.15, 0.2) is 27.9 Å². The molecule has 0 spiro atoms. The van der Waals surface area contributed by atoms with Gasteiger partial charge in [0.05, 0.1) is 17.1 Å². The molecule has 1 atom stereocenters. The van der Waals surface area contributed by atoms with Crippen LogP contribution in [0.2, 0.25) is 0 Å². The average molecular weight is 537 g/mol. The molecule has 7 nitrogen and oxygen atoms in total. The summed E-state index contributed by atoms with van der Waals surface area (Å²) in [6, 6.07) is 3.70. The summed E-state index contributed by atoms with van der Waals surface area (Å²) in [6.45, 7) is 4.01. The van der Waals surface area contributed by atoms with Crippen molar-refractivity contribution in [2.45, 2.75) is 26.0 Å². The second-order valence-electron chi connectivity index (χ2n) is 5.97. The van der Waals surface area contributed by atoms with Gasteiger partial charge in [0.1, 0.15) is 11.1 Å². The number of halogens is 1. The number of methoxy groups -OCH3 is 1. The van der Waals surface area contributed by atoms with Gasteiger partial charge in [0.25, 0.3) is 5.91 Å². The number of nitrogens with zero attached hydrogens (tertiary/aromatic N) is 3. The zero-order valence-electron chi connectivity index (χ0n) is 16.6. The second-order valence-corrected chi connectivity index (χ2v) is 7.81. The number of thiazole rings is 1. The lowest BCUT2D eigenvalue weighted by atomic mass is 10.4. The van der Waals surface area contributed by atoms with Crippen LogP contribution in [0, 0.1) is 0 Å². The van der Waals surface area contributed by atoms with E-state index in [-0.39, 0.29) is 36.0 Å². The van der Waals surface area contributed by atoms with Gasteiger partial charge in [-0.05, 0) is 24.8 Å². The maximum absolute atomic E-state index is 11.9. The van der Waals surface area contributed by atoms with Crippen molar-refractivity contribution < 1.29 is 9.53 Å². The van der Waals surface area contributed by atoms with E-state index in [9.17, 15) is 4.79 Å². The zero-order valence-corrected chi connectivity index (χ0v) is 20.6. The summed E-state index contributed by atoms with van der Waals surface area (Å²) in [7, 11) is 5.43. The monoisotopic (exact) mass is 537 g/mol. The van der Waals surface area contributed by atoms with E-state index in [0.29, 0.717) is 13.1 Å². The molecular weight excluding hydrogens is 509 g/mol. The molecule has 0 aliphatic rings. The first kappa shape index (κ1) is 24.8. The van der Waals surface area contributed by atoms with Crippen LogP contribution in [0.4, 0.5) is 0 Å². The Bertz CT molecular complexity index is 736. The fraction of sp³-hybridized carbons (Fsp3) is 0.500. The lowest BCUT2D eigenvalue weighted by Gasteiger charge is -2.21. The average Bonchev–Trinajstić information content (AvgIpc) is 3.35. The number of aliphatic imine (C=N–C) groups is 1. The molecule has 0 aliphatic heterocycles. The SMILES string of the molecule is CN=C(NCCCNC(=O)c1cccs1)N(C)Cc1csc(C(C)OC)n1.I. The number of amides is 1. The van der Waals surface area contributed by atoms with Crippen LogP contribution in [-0.4, -0.2) is 56.0 Å². The molecule has 0 saturated heterocycles. The molecule has 0 radical (unpaired) electrons. The number of nitrogens with one attached hydrogen (secondary N) is 2. The molecule has 0 saturated carbocycles. The highest BCUT2D eigenvalue weighted by molar-refractivity contribution is 14.0. The van der Waals surface area contributed by atoms with Gasteiger partial charge < -0.3 is 20.3 Å². The van der Waals surface area contributed by atoms with Crippen LogP contribution in [0.25, 0.3) is 0 Å². The number of hydrogen-bond donors (Lipinski definition) is 2.